The molecule has 0 spiro atoms. The summed E-state index contributed by atoms with van der Waals surface area (Å²) in [6.45, 7) is 0.0144. The van der Waals surface area contributed by atoms with Crippen molar-refractivity contribution < 1.29 is 19.1 Å². The molecular weight excluding hydrogens is 334 g/mol. The fraction of sp³-hybridized carbons (Fsp3) is 0.316. The highest BCUT2D eigenvalue weighted by atomic mass is 16.5. The van der Waals surface area contributed by atoms with Gasteiger partial charge in [0.2, 0.25) is 0 Å². The SMILES string of the molecule is COc1ccc(CNC(=O)COC(=O)c2ccc(NC3CC3)nc2)cc1. The lowest BCUT2D eigenvalue weighted by molar-refractivity contribution is -0.124. The number of carbonyl (C=O) groups excluding carboxylic acids is 2. The van der Waals surface area contributed by atoms with Crippen molar-refractivity contribution in [3.05, 3.63) is 53.7 Å². The molecule has 7 heteroatoms. The van der Waals surface area contributed by atoms with Crippen LogP contribution in [0.3, 0.4) is 0 Å². The molecule has 1 fully saturated rings. The molecule has 1 aliphatic carbocycles. The van der Waals surface area contributed by atoms with Crippen LogP contribution in [0.1, 0.15) is 28.8 Å². The van der Waals surface area contributed by atoms with Crippen LogP contribution in [0.5, 0.6) is 5.75 Å². The Morgan fingerprint density at radius 2 is 1.92 bits per heavy atom. The number of methoxy groups -OCH3 is 1. The van der Waals surface area contributed by atoms with Gasteiger partial charge < -0.3 is 20.1 Å². The lowest BCUT2D eigenvalue weighted by atomic mass is 10.2. The highest BCUT2D eigenvalue weighted by Gasteiger charge is 2.21. The van der Waals surface area contributed by atoms with Crippen LogP contribution < -0.4 is 15.4 Å². The van der Waals surface area contributed by atoms with Gasteiger partial charge >= 0.3 is 5.97 Å². The molecule has 1 aliphatic rings. The molecule has 1 amide bonds. The number of nitrogens with zero attached hydrogens (tertiary/aromatic N) is 1. The molecule has 2 aromatic rings. The first-order valence-electron chi connectivity index (χ1n) is 8.43. The lowest BCUT2D eigenvalue weighted by Crippen LogP contribution is -2.28. The van der Waals surface area contributed by atoms with Crippen molar-refractivity contribution in [2.75, 3.05) is 19.0 Å². The van der Waals surface area contributed by atoms with E-state index in [2.05, 4.69) is 15.6 Å². The Labute approximate surface area is 151 Å². The summed E-state index contributed by atoms with van der Waals surface area (Å²) in [6.07, 6.45) is 3.75. The van der Waals surface area contributed by atoms with E-state index in [4.69, 9.17) is 9.47 Å². The van der Waals surface area contributed by atoms with Gasteiger partial charge in [-0.05, 0) is 42.7 Å². The fourth-order valence-electron chi connectivity index (χ4n) is 2.25. The largest absolute Gasteiger partial charge is 0.497 e. The minimum Gasteiger partial charge on any atom is -0.497 e. The fourth-order valence-corrected chi connectivity index (χ4v) is 2.25. The molecule has 0 atom stereocenters. The van der Waals surface area contributed by atoms with Crippen LogP contribution in [0.15, 0.2) is 42.6 Å². The Kier molecular flexibility index (Phi) is 5.68. The van der Waals surface area contributed by atoms with Crippen LogP contribution in [-0.4, -0.2) is 36.6 Å². The maximum absolute atomic E-state index is 12.0. The standard InChI is InChI=1S/C19H21N3O4/c1-25-16-7-2-13(3-8-16)10-21-18(23)12-26-19(24)14-4-9-17(20-11-14)22-15-5-6-15/h2-4,7-9,11,15H,5-6,10,12H2,1H3,(H,20,22)(H,21,23). The number of nitrogens with one attached hydrogen (secondary N) is 2. The van der Waals surface area contributed by atoms with Gasteiger partial charge in [0.1, 0.15) is 11.6 Å². The van der Waals surface area contributed by atoms with E-state index in [0.29, 0.717) is 18.2 Å². The van der Waals surface area contributed by atoms with E-state index in [1.54, 1.807) is 19.2 Å². The molecule has 7 nitrogen and oxygen atoms in total. The number of hydrogen-bond donors (Lipinski definition) is 2. The van der Waals surface area contributed by atoms with Crippen molar-refractivity contribution in [2.45, 2.75) is 25.4 Å². The van der Waals surface area contributed by atoms with E-state index in [1.807, 2.05) is 24.3 Å². The first-order valence-corrected chi connectivity index (χ1v) is 8.43. The van der Waals surface area contributed by atoms with Gasteiger partial charge in [-0.3, -0.25) is 4.79 Å². The first kappa shape index (κ1) is 17.7. The van der Waals surface area contributed by atoms with Gasteiger partial charge in [0.25, 0.3) is 5.91 Å². The summed E-state index contributed by atoms with van der Waals surface area (Å²) in [5, 5.41) is 5.93. The van der Waals surface area contributed by atoms with Crippen LogP contribution in [0.25, 0.3) is 0 Å². The number of rotatable bonds is 8. The number of anilines is 1. The van der Waals surface area contributed by atoms with Crippen molar-refractivity contribution in [1.29, 1.82) is 0 Å². The van der Waals surface area contributed by atoms with Crippen LogP contribution in [0.4, 0.5) is 5.82 Å². The molecule has 26 heavy (non-hydrogen) atoms. The Morgan fingerprint density at radius 3 is 2.54 bits per heavy atom. The molecule has 1 saturated carbocycles. The molecular formula is C19H21N3O4. The number of pyridine rings is 1. The van der Waals surface area contributed by atoms with Gasteiger partial charge in [0, 0.05) is 18.8 Å². The summed E-state index contributed by atoms with van der Waals surface area (Å²) in [5.41, 5.74) is 1.24. The third-order valence-corrected chi connectivity index (χ3v) is 3.91. The average Bonchev–Trinajstić information content (AvgIpc) is 3.49. The third kappa shape index (κ3) is 5.20. The van der Waals surface area contributed by atoms with Crippen molar-refractivity contribution in [3.63, 3.8) is 0 Å². The Balaban J connectivity index is 1.40. The summed E-state index contributed by atoms with van der Waals surface area (Å²) in [5.74, 6) is 0.548. The van der Waals surface area contributed by atoms with Crippen molar-refractivity contribution in [1.82, 2.24) is 10.3 Å². The Hall–Kier alpha value is -3.09. The second-order valence-corrected chi connectivity index (χ2v) is 6.05. The van der Waals surface area contributed by atoms with Gasteiger partial charge in [-0.15, -0.1) is 0 Å². The second kappa shape index (κ2) is 8.33. The van der Waals surface area contributed by atoms with Gasteiger partial charge in [-0.1, -0.05) is 12.1 Å². The number of carbonyl (C=O) groups is 2. The molecule has 1 aromatic carbocycles. The predicted molar refractivity (Wildman–Crippen MR) is 96.0 cm³/mol. The summed E-state index contributed by atoms with van der Waals surface area (Å²) in [7, 11) is 1.60. The van der Waals surface area contributed by atoms with Gasteiger partial charge in [0.15, 0.2) is 6.61 Å². The van der Waals surface area contributed by atoms with Crippen molar-refractivity contribution in [2.24, 2.45) is 0 Å². The van der Waals surface area contributed by atoms with Crippen LogP contribution in [-0.2, 0) is 16.1 Å². The zero-order valence-corrected chi connectivity index (χ0v) is 14.5. The van der Waals surface area contributed by atoms with E-state index in [0.717, 1.165) is 30.0 Å². The highest BCUT2D eigenvalue weighted by Crippen LogP contribution is 2.23. The number of benzene rings is 1. The van der Waals surface area contributed by atoms with Gasteiger partial charge in [0.05, 0.1) is 12.7 Å². The van der Waals surface area contributed by atoms with E-state index >= 15 is 0 Å². The number of amides is 1. The normalized spacial score (nSPS) is 13.0. The highest BCUT2D eigenvalue weighted by molar-refractivity contribution is 5.91. The minimum absolute atomic E-state index is 0.314. The molecule has 136 valence electrons. The molecule has 1 aromatic heterocycles. The van der Waals surface area contributed by atoms with E-state index in [-0.39, 0.29) is 12.5 Å². The summed E-state index contributed by atoms with van der Waals surface area (Å²) in [4.78, 5) is 28.0. The average molecular weight is 355 g/mol. The third-order valence-electron chi connectivity index (χ3n) is 3.91. The van der Waals surface area contributed by atoms with Crippen molar-refractivity contribution >= 4 is 17.7 Å². The smallest absolute Gasteiger partial charge is 0.340 e. The summed E-state index contributed by atoms with van der Waals surface area (Å²) >= 11 is 0. The topological polar surface area (TPSA) is 89.5 Å². The number of esters is 1. The molecule has 0 saturated heterocycles. The maximum Gasteiger partial charge on any atom is 0.340 e. The molecule has 2 N–H and O–H groups in total. The van der Waals surface area contributed by atoms with E-state index in [9.17, 15) is 9.59 Å². The first-order chi connectivity index (χ1) is 12.6. The molecule has 0 unspecified atom stereocenters. The number of aromatic nitrogens is 1. The van der Waals surface area contributed by atoms with E-state index < -0.39 is 5.97 Å². The minimum atomic E-state index is -0.574. The summed E-state index contributed by atoms with van der Waals surface area (Å²) in [6, 6.07) is 11.2. The monoisotopic (exact) mass is 355 g/mol. The zero-order valence-electron chi connectivity index (χ0n) is 14.5. The molecule has 0 radical (unpaired) electrons. The van der Waals surface area contributed by atoms with Crippen LogP contribution >= 0.6 is 0 Å². The number of ether oxygens (including phenoxy) is 2. The lowest BCUT2D eigenvalue weighted by Gasteiger charge is -2.08. The predicted octanol–water partition coefficient (Wildman–Crippen LogP) is 2.14. The molecule has 1 heterocycles. The second-order valence-electron chi connectivity index (χ2n) is 6.05. The maximum atomic E-state index is 12.0. The van der Waals surface area contributed by atoms with Crippen LogP contribution in [0.2, 0.25) is 0 Å². The van der Waals surface area contributed by atoms with Crippen LogP contribution in [0, 0.1) is 0 Å². The van der Waals surface area contributed by atoms with Gasteiger partial charge in [-0.25, -0.2) is 9.78 Å². The Bertz CT molecular complexity index is 755. The molecule has 0 aliphatic heterocycles. The quantitative estimate of drug-likeness (QED) is 0.705. The summed E-state index contributed by atoms with van der Waals surface area (Å²) < 4.78 is 10.1. The Morgan fingerprint density at radius 1 is 1.15 bits per heavy atom. The van der Waals surface area contributed by atoms with Gasteiger partial charge in [-0.2, -0.15) is 0 Å². The van der Waals surface area contributed by atoms with E-state index in [1.165, 1.54) is 6.20 Å². The number of hydrogen-bond acceptors (Lipinski definition) is 6. The molecule has 3 rings (SSSR count). The zero-order chi connectivity index (χ0) is 18.4. The van der Waals surface area contributed by atoms with Crippen molar-refractivity contribution in [3.8, 4) is 5.75 Å². The molecule has 0 bridgehead atoms.